The number of hydrogen-bond donors (Lipinski definition) is 1. The van der Waals surface area contributed by atoms with Gasteiger partial charge in [-0.3, -0.25) is 0 Å². The monoisotopic (exact) mass is 196 g/mol. The van der Waals surface area contributed by atoms with Crippen LogP contribution in [-0.4, -0.2) is 28.7 Å². The Labute approximate surface area is 83.2 Å². The van der Waals surface area contributed by atoms with Gasteiger partial charge in [0, 0.05) is 19.6 Å². The Hall–Kier alpha value is -0.940. The van der Waals surface area contributed by atoms with Crippen molar-refractivity contribution < 1.29 is 4.74 Å². The predicted molar refractivity (Wildman–Crippen MR) is 51.8 cm³/mol. The number of nitrogens with two attached hydrogens (primary N) is 1. The van der Waals surface area contributed by atoms with E-state index in [1.165, 1.54) is 18.5 Å². The Morgan fingerprint density at radius 2 is 2.36 bits per heavy atom. The lowest BCUT2D eigenvalue weighted by Crippen LogP contribution is -2.10. The van der Waals surface area contributed by atoms with Gasteiger partial charge in [-0.2, -0.15) is 0 Å². The van der Waals surface area contributed by atoms with E-state index >= 15 is 0 Å². The first-order valence-corrected chi connectivity index (χ1v) is 4.98. The average Bonchev–Trinajstić information content (AvgIpc) is 2.96. The van der Waals surface area contributed by atoms with Gasteiger partial charge >= 0.3 is 0 Å². The topological polar surface area (TPSA) is 66.0 Å². The van der Waals surface area contributed by atoms with Crippen molar-refractivity contribution in [2.45, 2.75) is 31.8 Å². The molecule has 0 amide bonds. The summed E-state index contributed by atoms with van der Waals surface area (Å²) in [4.78, 5) is 0. The van der Waals surface area contributed by atoms with E-state index in [4.69, 9.17) is 10.5 Å². The summed E-state index contributed by atoms with van der Waals surface area (Å²) in [6, 6.07) is 0. The van der Waals surface area contributed by atoms with Gasteiger partial charge in [-0.25, -0.2) is 4.68 Å². The molecule has 5 heteroatoms. The SMILES string of the molecule is COCCn1nnc(CN)c1C1CC1. The molecule has 1 heterocycles. The Bertz CT molecular complexity index is 306. The second kappa shape index (κ2) is 4.06. The maximum absolute atomic E-state index is 5.61. The number of nitrogens with zero attached hydrogens (tertiary/aromatic N) is 3. The zero-order valence-corrected chi connectivity index (χ0v) is 8.44. The standard InChI is InChI=1S/C9H16N4O/c1-14-5-4-13-9(7-2-3-7)8(6-10)11-12-13/h7H,2-6,10H2,1H3. The van der Waals surface area contributed by atoms with Gasteiger partial charge in [-0.05, 0) is 12.8 Å². The second-order valence-electron chi connectivity index (χ2n) is 3.62. The first kappa shape index (κ1) is 9.61. The van der Waals surface area contributed by atoms with E-state index in [9.17, 15) is 0 Å². The van der Waals surface area contributed by atoms with Gasteiger partial charge in [0.25, 0.3) is 0 Å². The lowest BCUT2D eigenvalue weighted by Gasteiger charge is -2.05. The lowest BCUT2D eigenvalue weighted by molar-refractivity contribution is 0.182. The minimum atomic E-state index is 0.485. The summed E-state index contributed by atoms with van der Waals surface area (Å²) in [5, 5.41) is 8.17. The van der Waals surface area contributed by atoms with Crippen LogP contribution in [0, 0.1) is 0 Å². The molecule has 2 N–H and O–H groups in total. The molecule has 0 spiro atoms. The van der Waals surface area contributed by atoms with Crippen molar-refractivity contribution in [3.63, 3.8) is 0 Å². The van der Waals surface area contributed by atoms with Crippen molar-refractivity contribution in [1.29, 1.82) is 0 Å². The molecule has 5 nitrogen and oxygen atoms in total. The number of aromatic nitrogens is 3. The smallest absolute Gasteiger partial charge is 0.0997 e. The third-order valence-electron chi connectivity index (χ3n) is 2.51. The summed E-state index contributed by atoms with van der Waals surface area (Å²) in [5.41, 5.74) is 7.79. The molecule has 0 radical (unpaired) electrons. The van der Waals surface area contributed by atoms with Gasteiger partial charge in [0.05, 0.1) is 24.5 Å². The third kappa shape index (κ3) is 1.78. The van der Waals surface area contributed by atoms with Crippen molar-refractivity contribution in [3.05, 3.63) is 11.4 Å². The normalized spacial score (nSPS) is 16.1. The van der Waals surface area contributed by atoms with Crippen molar-refractivity contribution in [1.82, 2.24) is 15.0 Å². The summed E-state index contributed by atoms with van der Waals surface area (Å²) in [6.07, 6.45) is 2.49. The van der Waals surface area contributed by atoms with Gasteiger partial charge in [0.1, 0.15) is 0 Å². The molecule has 0 aliphatic heterocycles. The van der Waals surface area contributed by atoms with Crippen LogP contribution in [0.3, 0.4) is 0 Å². The molecule has 0 atom stereocenters. The molecule has 1 aromatic heterocycles. The van der Waals surface area contributed by atoms with E-state index in [1.807, 2.05) is 4.68 Å². The predicted octanol–water partition coefficient (Wildman–Crippen LogP) is 0.261. The van der Waals surface area contributed by atoms with E-state index in [-0.39, 0.29) is 0 Å². The van der Waals surface area contributed by atoms with Gasteiger partial charge < -0.3 is 10.5 Å². The van der Waals surface area contributed by atoms with E-state index in [2.05, 4.69) is 10.3 Å². The van der Waals surface area contributed by atoms with E-state index in [1.54, 1.807) is 7.11 Å². The highest BCUT2D eigenvalue weighted by Crippen LogP contribution is 2.40. The van der Waals surface area contributed by atoms with E-state index < -0.39 is 0 Å². The molecule has 0 unspecified atom stereocenters. The fourth-order valence-electron chi connectivity index (χ4n) is 1.65. The minimum Gasteiger partial charge on any atom is -0.383 e. The molecule has 1 aliphatic rings. The highest BCUT2D eigenvalue weighted by molar-refractivity contribution is 5.20. The molecule has 78 valence electrons. The summed E-state index contributed by atoms with van der Waals surface area (Å²) < 4.78 is 6.96. The fourth-order valence-corrected chi connectivity index (χ4v) is 1.65. The van der Waals surface area contributed by atoms with Crippen LogP contribution in [0.4, 0.5) is 0 Å². The van der Waals surface area contributed by atoms with Crippen LogP contribution < -0.4 is 5.73 Å². The molecule has 1 aromatic rings. The van der Waals surface area contributed by atoms with Crippen LogP contribution in [0.5, 0.6) is 0 Å². The van der Waals surface area contributed by atoms with Gasteiger partial charge in [0.2, 0.25) is 0 Å². The van der Waals surface area contributed by atoms with Crippen LogP contribution in [0.25, 0.3) is 0 Å². The van der Waals surface area contributed by atoms with E-state index in [0.717, 1.165) is 12.2 Å². The number of hydrogen-bond acceptors (Lipinski definition) is 4. The van der Waals surface area contributed by atoms with Crippen molar-refractivity contribution in [2.24, 2.45) is 5.73 Å². The first-order chi connectivity index (χ1) is 6.86. The molecule has 0 bridgehead atoms. The van der Waals surface area contributed by atoms with Crippen LogP contribution in [0.2, 0.25) is 0 Å². The van der Waals surface area contributed by atoms with Crippen LogP contribution in [0.15, 0.2) is 0 Å². The summed E-state index contributed by atoms with van der Waals surface area (Å²) >= 11 is 0. The maximum Gasteiger partial charge on any atom is 0.0997 e. The van der Waals surface area contributed by atoms with Crippen LogP contribution >= 0.6 is 0 Å². The number of ether oxygens (including phenoxy) is 1. The summed E-state index contributed by atoms with van der Waals surface area (Å²) in [7, 11) is 1.69. The Morgan fingerprint density at radius 3 is 2.93 bits per heavy atom. The number of rotatable bonds is 5. The molecule has 0 aromatic carbocycles. The van der Waals surface area contributed by atoms with Gasteiger partial charge in [-0.15, -0.1) is 5.10 Å². The summed E-state index contributed by atoms with van der Waals surface area (Å²) in [6.45, 7) is 1.93. The highest BCUT2D eigenvalue weighted by Gasteiger charge is 2.30. The molecule has 0 saturated heterocycles. The molecule has 1 fully saturated rings. The Balaban J connectivity index is 2.16. The third-order valence-corrected chi connectivity index (χ3v) is 2.51. The lowest BCUT2D eigenvalue weighted by atomic mass is 10.2. The Kier molecular flexibility index (Phi) is 2.79. The van der Waals surface area contributed by atoms with Crippen molar-refractivity contribution in [3.8, 4) is 0 Å². The van der Waals surface area contributed by atoms with Crippen molar-refractivity contribution >= 4 is 0 Å². The molecular formula is C9H16N4O. The zero-order chi connectivity index (χ0) is 9.97. The number of methoxy groups -OCH3 is 1. The quantitative estimate of drug-likeness (QED) is 0.733. The molecule has 2 rings (SSSR count). The molecular weight excluding hydrogens is 180 g/mol. The van der Waals surface area contributed by atoms with Crippen LogP contribution in [-0.2, 0) is 17.8 Å². The van der Waals surface area contributed by atoms with Gasteiger partial charge in [-0.1, -0.05) is 5.21 Å². The minimum absolute atomic E-state index is 0.485. The summed E-state index contributed by atoms with van der Waals surface area (Å²) in [5.74, 6) is 0.639. The Morgan fingerprint density at radius 1 is 1.57 bits per heavy atom. The van der Waals surface area contributed by atoms with E-state index in [0.29, 0.717) is 19.1 Å². The first-order valence-electron chi connectivity index (χ1n) is 4.98. The largest absolute Gasteiger partial charge is 0.383 e. The average molecular weight is 196 g/mol. The maximum atomic E-state index is 5.61. The van der Waals surface area contributed by atoms with Crippen molar-refractivity contribution in [2.75, 3.05) is 13.7 Å². The second-order valence-corrected chi connectivity index (χ2v) is 3.62. The molecule has 1 aliphatic carbocycles. The van der Waals surface area contributed by atoms with Gasteiger partial charge in [0.15, 0.2) is 0 Å². The van der Waals surface area contributed by atoms with Crippen LogP contribution in [0.1, 0.15) is 30.1 Å². The zero-order valence-electron chi connectivity index (χ0n) is 8.44. The molecule has 14 heavy (non-hydrogen) atoms. The highest BCUT2D eigenvalue weighted by atomic mass is 16.5. The fraction of sp³-hybridized carbons (Fsp3) is 0.778. The molecule has 1 saturated carbocycles.